The third-order valence-corrected chi connectivity index (χ3v) is 2.19. The summed E-state index contributed by atoms with van der Waals surface area (Å²) < 4.78 is 9.61. The third kappa shape index (κ3) is 2.99. The highest BCUT2D eigenvalue weighted by Crippen LogP contribution is 2.12. The highest BCUT2D eigenvalue weighted by Gasteiger charge is 2.23. The maximum absolute atomic E-state index is 11.1. The van der Waals surface area contributed by atoms with Gasteiger partial charge in [-0.1, -0.05) is 0 Å². The van der Waals surface area contributed by atoms with Crippen molar-refractivity contribution in [1.82, 2.24) is 5.32 Å². The molecule has 0 aromatic heterocycles. The average Bonchev–Trinajstić information content (AvgIpc) is 2.16. The number of amides is 1. The second kappa shape index (κ2) is 4.95. The van der Waals surface area contributed by atoms with Gasteiger partial charge in [-0.2, -0.15) is 0 Å². The molecule has 0 bridgehead atoms. The minimum atomic E-state index is -0.843. The maximum atomic E-state index is 11.1. The molecule has 1 amide bonds. The van der Waals surface area contributed by atoms with Crippen LogP contribution >= 0.6 is 0 Å². The molecule has 1 N–H and O–H groups in total. The normalized spacial score (nSPS) is 26.7. The summed E-state index contributed by atoms with van der Waals surface area (Å²) in [4.78, 5) is 21.9. The number of esters is 1. The summed E-state index contributed by atoms with van der Waals surface area (Å²) >= 11 is 0. The van der Waals surface area contributed by atoms with Gasteiger partial charge in [0.15, 0.2) is 0 Å². The van der Waals surface area contributed by atoms with Gasteiger partial charge >= 0.3 is 11.9 Å². The highest BCUT2D eigenvalue weighted by molar-refractivity contribution is 6.32. The van der Waals surface area contributed by atoms with Crippen molar-refractivity contribution in [1.29, 1.82) is 0 Å². The molecule has 1 aliphatic rings. The van der Waals surface area contributed by atoms with Crippen LogP contribution in [-0.2, 0) is 19.1 Å². The predicted molar refractivity (Wildman–Crippen MR) is 48.6 cm³/mol. The monoisotopic (exact) mass is 201 g/mol. The molecule has 1 heterocycles. The number of carbonyl (C=O) groups excluding carboxylic acids is 2. The molecule has 0 aromatic carbocycles. The van der Waals surface area contributed by atoms with Crippen LogP contribution in [0.15, 0.2) is 0 Å². The zero-order valence-corrected chi connectivity index (χ0v) is 8.41. The van der Waals surface area contributed by atoms with Crippen molar-refractivity contribution >= 4 is 11.9 Å². The van der Waals surface area contributed by atoms with E-state index in [0.29, 0.717) is 6.61 Å². The lowest BCUT2D eigenvalue weighted by Crippen LogP contribution is -2.44. The van der Waals surface area contributed by atoms with Crippen LogP contribution in [0.5, 0.6) is 0 Å². The van der Waals surface area contributed by atoms with Gasteiger partial charge in [-0.25, -0.2) is 4.79 Å². The zero-order chi connectivity index (χ0) is 10.6. The van der Waals surface area contributed by atoms with Gasteiger partial charge in [-0.15, -0.1) is 0 Å². The molecule has 1 fully saturated rings. The third-order valence-electron chi connectivity index (χ3n) is 2.19. The quantitative estimate of drug-likeness (QED) is 0.473. The summed E-state index contributed by atoms with van der Waals surface area (Å²) in [5, 5.41) is 2.61. The van der Waals surface area contributed by atoms with Gasteiger partial charge in [-0.3, -0.25) is 4.79 Å². The number of hydrogen-bond donors (Lipinski definition) is 1. The van der Waals surface area contributed by atoms with Crippen molar-refractivity contribution in [3.05, 3.63) is 0 Å². The predicted octanol–water partition coefficient (Wildman–Crippen LogP) is -0.157. The smallest absolute Gasteiger partial charge is 0.396 e. The fourth-order valence-corrected chi connectivity index (χ4v) is 1.47. The number of rotatable bonds is 1. The Morgan fingerprint density at radius 1 is 1.50 bits per heavy atom. The van der Waals surface area contributed by atoms with Crippen molar-refractivity contribution in [3.63, 3.8) is 0 Å². The van der Waals surface area contributed by atoms with E-state index in [9.17, 15) is 9.59 Å². The molecule has 0 aromatic rings. The van der Waals surface area contributed by atoms with E-state index in [1.54, 1.807) is 0 Å². The molecule has 0 spiro atoms. The summed E-state index contributed by atoms with van der Waals surface area (Å²) in [6.07, 6.45) is 1.61. The van der Waals surface area contributed by atoms with Crippen molar-refractivity contribution in [3.8, 4) is 0 Å². The van der Waals surface area contributed by atoms with Crippen LogP contribution in [0.4, 0.5) is 0 Å². The lowest BCUT2D eigenvalue weighted by molar-refractivity contribution is -0.153. The molecule has 14 heavy (non-hydrogen) atoms. The van der Waals surface area contributed by atoms with Gasteiger partial charge in [0.25, 0.3) is 0 Å². The number of hydrogen-bond acceptors (Lipinski definition) is 4. The van der Waals surface area contributed by atoms with E-state index in [1.165, 1.54) is 7.11 Å². The zero-order valence-electron chi connectivity index (χ0n) is 8.41. The van der Waals surface area contributed by atoms with E-state index in [2.05, 4.69) is 10.1 Å². The van der Waals surface area contributed by atoms with Crippen LogP contribution in [0.3, 0.4) is 0 Å². The van der Waals surface area contributed by atoms with E-state index in [4.69, 9.17) is 4.74 Å². The molecule has 80 valence electrons. The fourth-order valence-electron chi connectivity index (χ4n) is 1.47. The molecule has 0 saturated carbocycles. The molecule has 2 atom stereocenters. The van der Waals surface area contributed by atoms with Gasteiger partial charge < -0.3 is 14.8 Å². The molecule has 1 aliphatic heterocycles. The average molecular weight is 201 g/mol. The largest absolute Gasteiger partial charge is 0.462 e. The second-order valence-electron chi connectivity index (χ2n) is 3.37. The minimum absolute atomic E-state index is 0.0188. The Morgan fingerprint density at radius 3 is 2.79 bits per heavy atom. The second-order valence-corrected chi connectivity index (χ2v) is 3.37. The lowest BCUT2D eigenvalue weighted by atomic mass is 10.0. The Morgan fingerprint density at radius 2 is 2.21 bits per heavy atom. The van der Waals surface area contributed by atoms with Gasteiger partial charge in [-0.05, 0) is 19.8 Å². The van der Waals surface area contributed by atoms with Crippen LogP contribution in [-0.4, -0.2) is 37.7 Å². The summed E-state index contributed by atoms with van der Waals surface area (Å²) in [7, 11) is 1.19. The van der Waals surface area contributed by atoms with Gasteiger partial charge in [0.1, 0.15) is 0 Å². The number of nitrogens with one attached hydrogen (secondary N) is 1. The molecule has 0 aliphatic carbocycles. The maximum Gasteiger partial charge on any atom is 0.396 e. The molecular formula is C9H15NO4. The number of ether oxygens (including phenoxy) is 2. The topological polar surface area (TPSA) is 64.6 Å². The Hall–Kier alpha value is -1.10. The standard InChI is InChI=1S/C9H15NO4/c1-6-5-7(3-4-14-6)10-8(11)9(12)13-2/h6-7H,3-5H2,1-2H3,(H,10,11). The van der Waals surface area contributed by atoms with E-state index in [1.807, 2.05) is 6.92 Å². The van der Waals surface area contributed by atoms with E-state index < -0.39 is 11.9 Å². The molecular weight excluding hydrogens is 186 g/mol. The fraction of sp³-hybridized carbons (Fsp3) is 0.778. The van der Waals surface area contributed by atoms with Crippen LogP contribution in [0.25, 0.3) is 0 Å². The first-order chi connectivity index (χ1) is 6.63. The number of carbonyl (C=O) groups is 2. The van der Waals surface area contributed by atoms with Gasteiger partial charge in [0.05, 0.1) is 13.2 Å². The van der Waals surface area contributed by atoms with Crippen LogP contribution < -0.4 is 5.32 Å². The summed E-state index contributed by atoms with van der Waals surface area (Å²) in [6, 6.07) is 0.0188. The molecule has 5 heteroatoms. The van der Waals surface area contributed by atoms with E-state index in [0.717, 1.165) is 12.8 Å². The van der Waals surface area contributed by atoms with Crippen LogP contribution in [0.2, 0.25) is 0 Å². The van der Waals surface area contributed by atoms with Crippen molar-refractivity contribution in [2.24, 2.45) is 0 Å². The molecule has 1 rings (SSSR count). The first kappa shape index (κ1) is 11.0. The first-order valence-electron chi connectivity index (χ1n) is 4.64. The van der Waals surface area contributed by atoms with Crippen LogP contribution in [0, 0.1) is 0 Å². The minimum Gasteiger partial charge on any atom is -0.462 e. The highest BCUT2D eigenvalue weighted by atomic mass is 16.5. The van der Waals surface area contributed by atoms with Crippen molar-refractivity contribution < 1.29 is 19.1 Å². The molecule has 5 nitrogen and oxygen atoms in total. The van der Waals surface area contributed by atoms with Crippen molar-refractivity contribution in [2.75, 3.05) is 13.7 Å². The van der Waals surface area contributed by atoms with Crippen LogP contribution in [0.1, 0.15) is 19.8 Å². The number of methoxy groups -OCH3 is 1. The Bertz CT molecular complexity index is 229. The Kier molecular flexibility index (Phi) is 3.88. The van der Waals surface area contributed by atoms with Crippen molar-refractivity contribution in [2.45, 2.75) is 31.9 Å². The molecule has 2 unspecified atom stereocenters. The summed E-state index contributed by atoms with van der Waals surface area (Å²) in [6.45, 7) is 2.56. The summed E-state index contributed by atoms with van der Waals surface area (Å²) in [5.74, 6) is -1.52. The molecule has 1 saturated heterocycles. The summed E-state index contributed by atoms with van der Waals surface area (Å²) in [5.41, 5.74) is 0. The van der Waals surface area contributed by atoms with Gasteiger partial charge in [0, 0.05) is 12.6 Å². The van der Waals surface area contributed by atoms with E-state index >= 15 is 0 Å². The Balaban J connectivity index is 2.36. The van der Waals surface area contributed by atoms with Gasteiger partial charge in [0.2, 0.25) is 0 Å². The first-order valence-corrected chi connectivity index (χ1v) is 4.64. The Labute approximate surface area is 82.8 Å². The SMILES string of the molecule is COC(=O)C(=O)NC1CCOC(C)C1. The molecule has 0 radical (unpaired) electrons. The van der Waals surface area contributed by atoms with E-state index in [-0.39, 0.29) is 12.1 Å². The lowest BCUT2D eigenvalue weighted by Gasteiger charge is -2.27.